The van der Waals surface area contributed by atoms with E-state index in [9.17, 15) is 18.0 Å². The lowest BCUT2D eigenvalue weighted by molar-refractivity contribution is 0.0474. The summed E-state index contributed by atoms with van der Waals surface area (Å²) in [6.07, 6.45) is 0.481. The largest absolute Gasteiger partial charge is 0.457 e. The maximum Gasteiger partial charge on any atom is 0.338 e. The minimum absolute atomic E-state index is 0.00969. The van der Waals surface area contributed by atoms with Gasteiger partial charge in [-0.05, 0) is 49.6 Å². The van der Waals surface area contributed by atoms with Crippen molar-refractivity contribution in [2.45, 2.75) is 33.8 Å². The predicted molar refractivity (Wildman–Crippen MR) is 115 cm³/mol. The Bertz CT molecular complexity index is 1260. The third kappa shape index (κ3) is 4.88. The van der Waals surface area contributed by atoms with Crippen molar-refractivity contribution in [1.29, 1.82) is 0 Å². The van der Waals surface area contributed by atoms with E-state index in [1.807, 2.05) is 26.0 Å². The molecule has 0 spiro atoms. The highest BCUT2D eigenvalue weighted by Gasteiger charge is 2.14. The van der Waals surface area contributed by atoms with Gasteiger partial charge in [0.05, 0.1) is 11.3 Å². The number of aryl methyl sites for hydroxylation is 2. The number of carbonyl (C=O) groups is 1. The summed E-state index contributed by atoms with van der Waals surface area (Å²) in [4.78, 5) is 24.4. The summed E-state index contributed by atoms with van der Waals surface area (Å²) in [6, 6.07) is 11.1. The monoisotopic (exact) mass is 429 g/mol. The van der Waals surface area contributed by atoms with Crippen LogP contribution in [0.1, 0.15) is 40.4 Å². The molecule has 1 aromatic heterocycles. The fourth-order valence-corrected chi connectivity index (χ4v) is 4.21. The maximum absolute atomic E-state index is 12.5. The van der Waals surface area contributed by atoms with Crippen LogP contribution in [-0.2, 0) is 21.4 Å². The van der Waals surface area contributed by atoms with E-state index in [1.165, 1.54) is 18.2 Å². The lowest BCUT2D eigenvalue weighted by Crippen LogP contribution is -2.16. The Morgan fingerprint density at radius 2 is 1.90 bits per heavy atom. The number of hydrogen-bond acceptors (Lipinski definition) is 6. The Labute approximate surface area is 174 Å². The number of ether oxygens (including phenoxy) is 1. The van der Waals surface area contributed by atoms with E-state index < -0.39 is 21.6 Å². The van der Waals surface area contributed by atoms with Gasteiger partial charge in [0.2, 0.25) is 10.0 Å². The standard InChI is InChI=1S/C22H23NO6S/c1-4-10-30(26,27)23-18-7-5-6-16(11-18)22(25)28-13-17-12-20(24)29-21-15(3)14(2)8-9-19(17)21/h5-9,11-12,23H,4,10,13H2,1-3H3. The number of sulfonamides is 1. The molecule has 0 saturated heterocycles. The Kier molecular flexibility index (Phi) is 6.26. The molecule has 0 amide bonds. The highest BCUT2D eigenvalue weighted by atomic mass is 32.2. The van der Waals surface area contributed by atoms with Gasteiger partial charge in [0.1, 0.15) is 12.2 Å². The molecule has 0 unspecified atom stereocenters. The van der Waals surface area contributed by atoms with Gasteiger partial charge < -0.3 is 9.15 Å². The summed E-state index contributed by atoms with van der Waals surface area (Å²) in [6.45, 7) is 5.43. The van der Waals surface area contributed by atoms with Gasteiger partial charge in [-0.15, -0.1) is 0 Å². The quantitative estimate of drug-likeness (QED) is 0.451. The van der Waals surface area contributed by atoms with Crippen LogP contribution in [0.25, 0.3) is 11.0 Å². The molecular formula is C22H23NO6S. The van der Waals surface area contributed by atoms with Crippen LogP contribution in [0.15, 0.2) is 51.7 Å². The van der Waals surface area contributed by atoms with Gasteiger partial charge in [0, 0.05) is 22.7 Å². The summed E-state index contributed by atoms with van der Waals surface area (Å²) in [7, 11) is -3.47. The van der Waals surface area contributed by atoms with E-state index >= 15 is 0 Å². The molecule has 1 N–H and O–H groups in total. The fraction of sp³-hybridized carbons (Fsp3) is 0.273. The molecule has 30 heavy (non-hydrogen) atoms. The summed E-state index contributed by atoms with van der Waals surface area (Å²) in [5, 5.41) is 0.701. The zero-order valence-electron chi connectivity index (χ0n) is 17.0. The van der Waals surface area contributed by atoms with Crippen molar-refractivity contribution in [3.8, 4) is 0 Å². The van der Waals surface area contributed by atoms with E-state index in [1.54, 1.807) is 19.1 Å². The summed E-state index contributed by atoms with van der Waals surface area (Å²) < 4.78 is 37.0. The van der Waals surface area contributed by atoms with Gasteiger partial charge in [-0.1, -0.05) is 25.1 Å². The second kappa shape index (κ2) is 8.71. The van der Waals surface area contributed by atoms with Crippen molar-refractivity contribution in [2.24, 2.45) is 0 Å². The lowest BCUT2D eigenvalue weighted by atomic mass is 10.0. The van der Waals surface area contributed by atoms with Crippen LogP contribution in [-0.4, -0.2) is 20.1 Å². The highest BCUT2D eigenvalue weighted by Crippen LogP contribution is 2.24. The van der Waals surface area contributed by atoms with Gasteiger partial charge >= 0.3 is 11.6 Å². The molecule has 0 saturated carbocycles. The first-order valence-corrected chi connectivity index (χ1v) is 11.2. The molecule has 7 nitrogen and oxygen atoms in total. The Balaban J connectivity index is 1.81. The van der Waals surface area contributed by atoms with Crippen molar-refractivity contribution in [1.82, 2.24) is 0 Å². The number of rotatable bonds is 7. The van der Waals surface area contributed by atoms with Crippen LogP contribution in [0.4, 0.5) is 5.69 Å². The number of fused-ring (bicyclic) bond motifs is 1. The van der Waals surface area contributed by atoms with E-state index in [0.29, 0.717) is 23.0 Å². The van der Waals surface area contributed by atoms with Crippen molar-refractivity contribution in [2.75, 3.05) is 10.5 Å². The first-order chi connectivity index (χ1) is 14.2. The molecule has 1 heterocycles. The number of hydrogen-bond donors (Lipinski definition) is 1. The number of benzene rings is 2. The highest BCUT2D eigenvalue weighted by molar-refractivity contribution is 7.92. The van der Waals surface area contributed by atoms with E-state index in [4.69, 9.17) is 9.15 Å². The second-order valence-corrected chi connectivity index (χ2v) is 8.89. The van der Waals surface area contributed by atoms with Crippen LogP contribution in [0.3, 0.4) is 0 Å². The molecule has 3 aromatic rings. The summed E-state index contributed by atoms with van der Waals surface area (Å²) in [5.41, 5.74) is 2.82. The molecule has 0 aliphatic rings. The van der Waals surface area contributed by atoms with E-state index in [-0.39, 0.29) is 23.6 Å². The molecule has 0 aliphatic carbocycles. The predicted octanol–water partition coefficient (Wildman–Crippen LogP) is 3.92. The second-order valence-electron chi connectivity index (χ2n) is 7.05. The zero-order chi connectivity index (χ0) is 21.9. The molecule has 0 radical (unpaired) electrons. The first kappa shape index (κ1) is 21.6. The van der Waals surface area contributed by atoms with Crippen molar-refractivity contribution in [3.05, 3.63) is 75.1 Å². The van der Waals surface area contributed by atoms with Crippen LogP contribution < -0.4 is 10.3 Å². The number of anilines is 1. The van der Waals surface area contributed by atoms with E-state index in [0.717, 1.165) is 11.1 Å². The topological polar surface area (TPSA) is 103 Å². The molecule has 0 aliphatic heterocycles. The Morgan fingerprint density at radius 3 is 2.63 bits per heavy atom. The smallest absolute Gasteiger partial charge is 0.338 e. The van der Waals surface area contributed by atoms with Gasteiger partial charge in [-0.2, -0.15) is 0 Å². The molecule has 0 atom stereocenters. The van der Waals surface area contributed by atoms with Gasteiger partial charge in [0.25, 0.3) is 0 Å². The van der Waals surface area contributed by atoms with Crippen molar-refractivity contribution < 1.29 is 22.4 Å². The summed E-state index contributed by atoms with van der Waals surface area (Å²) in [5.74, 6) is -0.638. The van der Waals surface area contributed by atoms with Crippen LogP contribution in [0.2, 0.25) is 0 Å². The van der Waals surface area contributed by atoms with Gasteiger partial charge in [-0.25, -0.2) is 18.0 Å². The Morgan fingerprint density at radius 1 is 1.13 bits per heavy atom. The zero-order valence-corrected chi connectivity index (χ0v) is 17.8. The molecular weight excluding hydrogens is 406 g/mol. The number of nitrogens with one attached hydrogen (secondary N) is 1. The minimum Gasteiger partial charge on any atom is -0.457 e. The van der Waals surface area contributed by atoms with E-state index in [2.05, 4.69) is 4.72 Å². The molecule has 0 fully saturated rings. The average Bonchev–Trinajstić information content (AvgIpc) is 2.68. The molecule has 0 bridgehead atoms. The number of carbonyl (C=O) groups excluding carboxylic acids is 1. The summed E-state index contributed by atoms with van der Waals surface area (Å²) >= 11 is 0. The fourth-order valence-electron chi connectivity index (χ4n) is 3.08. The molecule has 8 heteroatoms. The lowest BCUT2D eigenvalue weighted by Gasteiger charge is -2.11. The third-order valence-corrected chi connectivity index (χ3v) is 6.21. The van der Waals surface area contributed by atoms with Crippen LogP contribution >= 0.6 is 0 Å². The van der Waals surface area contributed by atoms with Gasteiger partial charge in [-0.3, -0.25) is 4.72 Å². The van der Waals surface area contributed by atoms with Gasteiger partial charge in [0.15, 0.2) is 0 Å². The molecule has 2 aromatic carbocycles. The maximum atomic E-state index is 12.5. The van der Waals surface area contributed by atoms with Crippen molar-refractivity contribution in [3.63, 3.8) is 0 Å². The normalized spacial score (nSPS) is 11.4. The SMILES string of the molecule is CCCS(=O)(=O)Nc1cccc(C(=O)OCc2cc(=O)oc3c(C)c(C)ccc23)c1. The Hall–Kier alpha value is -3.13. The van der Waals surface area contributed by atoms with Crippen LogP contribution in [0, 0.1) is 13.8 Å². The van der Waals surface area contributed by atoms with Crippen molar-refractivity contribution >= 4 is 32.6 Å². The third-order valence-electron chi connectivity index (χ3n) is 4.72. The average molecular weight is 429 g/mol. The molecule has 158 valence electrons. The number of esters is 1. The minimum atomic E-state index is -3.47. The first-order valence-electron chi connectivity index (χ1n) is 9.51. The molecule has 3 rings (SSSR count). The van der Waals surface area contributed by atoms with Crippen LogP contribution in [0.5, 0.6) is 0 Å².